The van der Waals surface area contributed by atoms with E-state index in [1.807, 2.05) is 6.07 Å². The summed E-state index contributed by atoms with van der Waals surface area (Å²) in [6.45, 7) is 0. The predicted molar refractivity (Wildman–Crippen MR) is 58.9 cm³/mol. The summed E-state index contributed by atoms with van der Waals surface area (Å²) in [5, 5.41) is 3.36. The molecule has 4 heteroatoms. The van der Waals surface area contributed by atoms with Crippen LogP contribution < -0.4 is 16.8 Å². The SMILES string of the molecule is Nc1ccc(NC2CCCC2)nc1N. The summed E-state index contributed by atoms with van der Waals surface area (Å²) in [6, 6.07) is 4.23. The van der Waals surface area contributed by atoms with Crippen molar-refractivity contribution in [1.29, 1.82) is 0 Å². The maximum atomic E-state index is 5.62. The van der Waals surface area contributed by atoms with Crippen molar-refractivity contribution in [3.05, 3.63) is 12.1 Å². The van der Waals surface area contributed by atoms with Gasteiger partial charge in [0.1, 0.15) is 11.6 Å². The number of hydrogen-bond acceptors (Lipinski definition) is 4. The number of nitrogen functional groups attached to an aromatic ring is 2. The third-order valence-electron chi connectivity index (χ3n) is 2.66. The Hall–Kier alpha value is -1.45. The molecule has 0 spiro atoms. The van der Waals surface area contributed by atoms with Crippen LogP contribution in [0.15, 0.2) is 12.1 Å². The molecule has 76 valence electrons. The minimum absolute atomic E-state index is 0.410. The van der Waals surface area contributed by atoms with Crippen molar-refractivity contribution in [2.24, 2.45) is 0 Å². The molecule has 1 aromatic heterocycles. The molecular weight excluding hydrogens is 176 g/mol. The van der Waals surface area contributed by atoms with Crippen LogP contribution in [0.4, 0.5) is 17.3 Å². The Morgan fingerprint density at radius 2 is 1.93 bits per heavy atom. The van der Waals surface area contributed by atoms with Gasteiger partial charge >= 0.3 is 0 Å². The van der Waals surface area contributed by atoms with Gasteiger partial charge in [-0.05, 0) is 25.0 Å². The van der Waals surface area contributed by atoms with E-state index in [1.165, 1.54) is 25.7 Å². The van der Waals surface area contributed by atoms with E-state index in [2.05, 4.69) is 10.3 Å². The molecule has 0 unspecified atom stereocenters. The molecule has 1 aliphatic rings. The van der Waals surface area contributed by atoms with E-state index in [1.54, 1.807) is 6.07 Å². The van der Waals surface area contributed by atoms with E-state index in [4.69, 9.17) is 11.5 Å². The molecule has 0 saturated heterocycles. The van der Waals surface area contributed by atoms with Crippen LogP contribution in [0, 0.1) is 0 Å². The van der Waals surface area contributed by atoms with Gasteiger partial charge in [-0.15, -0.1) is 0 Å². The standard InChI is InChI=1S/C10H16N4/c11-8-5-6-9(14-10(8)12)13-7-3-1-2-4-7/h5-7H,1-4,11H2,(H3,12,13,14). The third-order valence-corrected chi connectivity index (χ3v) is 2.66. The van der Waals surface area contributed by atoms with Crippen molar-refractivity contribution in [3.8, 4) is 0 Å². The number of pyridine rings is 1. The summed E-state index contributed by atoms with van der Waals surface area (Å²) in [6.07, 6.45) is 5.07. The fourth-order valence-corrected chi connectivity index (χ4v) is 1.85. The number of nitrogens with zero attached hydrogens (tertiary/aromatic N) is 1. The normalized spacial score (nSPS) is 17.1. The first-order chi connectivity index (χ1) is 6.75. The summed E-state index contributed by atoms with van der Waals surface area (Å²) >= 11 is 0. The molecule has 1 fully saturated rings. The Morgan fingerprint density at radius 1 is 1.21 bits per heavy atom. The van der Waals surface area contributed by atoms with Crippen LogP contribution in [-0.4, -0.2) is 11.0 Å². The summed E-state index contributed by atoms with van der Waals surface area (Å²) in [5.41, 5.74) is 11.7. The Morgan fingerprint density at radius 3 is 2.57 bits per heavy atom. The van der Waals surface area contributed by atoms with Gasteiger partial charge in [0.25, 0.3) is 0 Å². The van der Waals surface area contributed by atoms with Crippen molar-refractivity contribution in [2.75, 3.05) is 16.8 Å². The van der Waals surface area contributed by atoms with Crippen LogP contribution in [0.1, 0.15) is 25.7 Å². The lowest BCUT2D eigenvalue weighted by atomic mass is 10.2. The first kappa shape index (κ1) is 9.12. The van der Waals surface area contributed by atoms with Crippen molar-refractivity contribution < 1.29 is 0 Å². The zero-order valence-corrected chi connectivity index (χ0v) is 8.16. The first-order valence-electron chi connectivity index (χ1n) is 5.04. The highest BCUT2D eigenvalue weighted by atomic mass is 15.0. The fourth-order valence-electron chi connectivity index (χ4n) is 1.85. The second-order valence-electron chi connectivity index (χ2n) is 3.80. The van der Waals surface area contributed by atoms with Gasteiger partial charge in [-0.25, -0.2) is 4.98 Å². The molecule has 1 aromatic rings. The lowest BCUT2D eigenvalue weighted by Gasteiger charge is -2.13. The zero-order chi connectivity index (χ0) is 9.97. The minimum atomic E-state index is 0.410. The Labute approximate surface area is 83.7 Å². The number of nitrogens with two attached hydrogens (primary N) is 2. The van der Waals surface area contributed by atoms with Crippen LogP contribution in [0.25, 0.3) is 0 Å². The lowest BCUT2D eigenvalue weighted by molar-refractivity contribution is 0.751. The largest absolute Gasteiger partial charge is 0.396 e. The number of nitrogens with one attached hydrogen (secondary N) is 1. The predicted octanol–water partition coefficient (Wildman–Crippen LogP) is 1.60. The molecule has 0 aromatic carbocycles. The highest BCUT2D eigenvalue weighted by Crippen LogP contribution is 2.22. The van der Waals surface area contributed by atoms with Crippen molar-refractivity contribution in [2.45, 2.75) is 31.7 Å². The van der Waals surface area contributed by atoms with E-state index in [0.717, 1.165) is 5.82 Å². The van der Waals surface area contributed by atoms with Crippen LogP contribution in [0.5, 0.6) is 0 Å². The van der Waals surface area contributed by atoms with Crippen LogP contribution in [-0.2, 0) is 0 Å². The van der Waals surface area contributed by atoms with E-state index in [0.29, 0.717) is 17.5 Å². The fraction of sp³-hybridized carbons (Fsp3) is 0.500. The molecule has 0 atom stereocenters. The number of rotatable bonds is 2. The molecule has 0 radical (unpaired) electrons. The third kappa shape index (κ3) is 1.89. The van der Waals surface area contributed by atoms with E-state index < -0.39 is 0 Å². The van der Waals surface area contributed by atoms with Gasteiger partial charge in [0, 0.05) is 6.04 Å². The molecule has 1 aliphatic carbocycles. The van der Waals surface area contributed by atoms with Crippen molar-refractivity contribution in [3.63, 3.8) is 0 Å². The minimum Gasteiger partial charge on any atom is -0.396 e. The monoisotopic (exact) mass is 192 g/mol. The maximum Gasteiger partial charge on any atom is 0.149 e. The number of hydrogen-bond donors (Lipinski definition) is 3. The van der Waals surface area contributed by atoms with E-state index in [9.17, 15) is 0 Å². The van der Waals surface area contributed by atoms with Crippen LogP contribution in [0.3, 0.4) is 0 Å². The average molecular weight is 192 g/mol. The summed E-state index contributed by atoms with van der Waals surface area (Å²) < 4.78 is 0. The van der Waals surface area contributed by atoms with Gasteiger partial charge in [-0.2, -0.15) is 0 Å². The number of anilines is 3. The van der Waals surface area contributed by atoms with Gasteiger partial charge in [0.2, 0.25) is 0 Å². The molecule has 0 amide bonds. The van der Waals surface area contributed by atoms with Crippen LogP contribution in [0.2, 0.25) is 0 Å². The van der Waals surface area contributed by atoms with Gasteiger partial charge in [0.05, 0.1) is 5.69 Å². The molecule has 2 rings (SSSR count). The summed E-state index contributed by atoms with van der Waals surface area (Å²) in [4.78, 5) is 4.18. The smallest absolute Gasteiger partial charge is 0.149 e. The Bertz CT molecular complexity index is 318. The average Bonchev–Trinajstić information content (AvgIpc) is 2.64. The second kappa shape index (κ2) is 3.74. The number of aromatic nitrogens is 1. The molecule has 1 heterocycles. The first-order valence-corrected chi connectivity index (χ1v) is 5.04. The molecule has 1 saturated carbocycles. The molecule has 0 bridgehead atoms. The van der Waals surface area contributed by atoms with Crippen LogP contribution >= 0.6 is 0 Å². The van der Waals surface area contributed by atoms with Gasteiger partial charge in [-0.1, -0.05) is 12.8 Å². The quantitative estimate of drug-likeness (QED) is 0.665. The highest BCUT2D eigenvalue weighted by molar-refractivity contribution is 5.61. The molecule has 0 aliphatic heterocycles. The highest BCUT2D eigenvalue weighted by Gasteiger charge is 2.14. The molecular formula is C10H16N4. The van der Waals surface area contributed by atoms with Gasteiger partial charge < -0.3 is 16.8 Å². The molecule has 5 N–H and O–H groups in total. The van der Waals surface area contributed by atoms with Crippen molar-refractivity contribution in [1.82, 2.24) is 4.98 Å². The van der Waals surface area contributed by atoms with Gasteiger partial charge in [0.15, 0.2) is 0 Å². The van der Waals surface area contributed by atoms with Gasteiger partial charge in [-0.3, -0.25) is 0 Å². The Balaban J connectivity index is 2.05. The summed E-state index contributed by atoms with van der Waals surface area (Å²) in [7, 11) is 0. The molecule has 14 heavy (non-hydrogen) atoms. The van der Waals surface area contributed by atoms with E-state index >= 15 is 0 Å². The Kier molecular flexibility index (Phi) is 2.43. The topological polar surface area (TPSA) is 77.0 Å². The lowest BCUT2D eigenvalue weighted by Crippen LogP contribution is -2.16. The second-order valence-corrected chi connectivity index (χ2v) is 3.80. The summed E-state index contributed by atoms with van der Waals surface area (Å²) in [5.74, 6) is 1.25. The molecule has 4 nitrogen and oxygen atoms in total. The zero-order valence-electron chi connectivity index (χ0n) is 8.16. The van der Waals surface area contributed by atoms with E-state index in [-0.39, 0.29) is 0 Å². The van der Waals surface area contributed by atoms with Crippen molar-refractivity contribution >= 4 is 17.3 Å². The maximum absolute atomic E-state index is 5.62.